The molecule has 23 heavy (non-hydrogen) atoms. The average molecular weight is 309 g/mol. The van der Waals surface area contributed by atoms with Crippen molar-refractivity contribution in [2.24, 2.45) is 0 Å². The smallest absolute Gasteiger partial charge is 0.246 e. The molecule has 1 aliphatic heterocycles. The summed E-state index contributed by atoms with van der Waals surface area (Å²) in [7, 11) is 0. The van der Waals surface area contributed by atoms with E-state index in [4.69, 9.17) is 14.7 Å². The third kappa shape index (κ3) is 3.35. The predicted molar refractivity (Wildman–Crippen MR) is 85.4 cm³/mol. The Hall–Kier alpha value is -3.20. The van der Waals surface area contributed by atoms with Gasteiger partial charge in [-0.3, -0.25) is 4.79 Å². The van der Waals surface area contributed by atoms with Gasteiger partial charge in [0.15, 0.2) is 11.5 Å². The van der Waals surface area contributed by atoms with Crippen LogP contribution in [0, 0.1) is 11.3 Å². The van der Waals surface area contributed by atoms with Gasteiger partial charge in [0.2, 0.25) is 12.7 Å². The monoisotopic (exact) mass is 309 g/mol. The quantitative estimate of drug-likeness (QED) is 0.907. The standard InChI is InChI=1S/C17H15N3O3/c1-11(17(21)20-13-4-2-12(9-18)3-5-13)19-14-6-7-15-16(8-14)23-10-22-15/h2-8,11,19H,10H2,1H3,(H,20,21)/t11-/m1/s1. The number of rotatable bonds is 4. The number of amides is 1. The molecule has 0 spiro atoms. The molecule has 0 unspecified atom stereocenters. The summed E-state index contributed by atoms with van der Waals surface area (Å²) in [5.74, 6) is 1.19. The van der Waals surface area contributed by atoms with Crippen molar-refractivity contribution in [1.29, 1.82) is 5.26 Å². The van der Waals surface area contributed by atoms with Crippen LogP contribution >= 0.6 is 0 Å². The van der Waals surface area contributed by atoms with Crippen molar-refractivity contribution in [2.45, 2.75) is 13.0 Å². The van der Waals surface area contributed by atoms with Crippen LogP contribution in [0.5, 0.6) is 11.5 Å². The third-order valence-corrected chi connectivity index (χ3v) is 3.43. The Labute approximate surface area is 133 Å². The van der Waals surface area contributed by atoms with Gasteiger partial charge < -0.3 is 20.1 Å². The molecule has 0 bridgehead atoms. The molecule has 1 aliphatic rings. The Kier molecular flexibility index (Phi) is 4.02. The number of nitrogens with one attached hydrogen (secondary N) is 2. The normalized spacial score (nSPS) is 13.0. The lowest BCUT2D eigenvalue weighted by molar-refractivity contribution is -0.116. The zero-order chi connectivity index (χ0) is 16.2. The van der Waals surface area contributed by atoms with Crippen molar-refractivity contribution < 1.29 is 14.3 Å². The summed E-state index contributed by atoms with van der Waals surface area (Å²) in [4.78, 5) is 12.2. The van der Waals surface area contributed by atoms with Crippen LogP contribution < -0.4 is 20.1 Å². The molecular weight excluding hydrogens is 294 g/mol. The fourth-order valence-corrected chi connectivity index (χ4v) is 2.18. The van der Waals surface area contributed by atoms with Crippen LogP contribution in [0.15, 0.2) is 42.5 Å². The molecule has 6 heteroatoms. The molecule has 0 fully saturated rings. The number of nitrogens with zero attached hydrogens (tertiary/aromatic N) is 1. The highest BCUT2D eigenvalue weighted by atomic mass is 16.7. The Balaban J connectivity index is 1.62. The number of hydrogen-bond acceptors (Lipinski definition) is 5. The Morgan fingerprint density at radius 3 is 2.57 bits per heavy atom. The summed E-state index contributed by atoms with van der Waals surface area (Å²) < 4.78 is 10.6. The topological polar surface area (TPSA) is 83.4 Å². The molecule has 1 amide bonds. The van der Waals surface area contributed by atoms with E-state index in [9.17, 15) is 4.79 Å². The van der Waals surface area contributed by atoms with E-state index in [2.05, 4.69) is 10.6 Å². The zero-order valence-electron chi connectivity index (χ0n) is 12.5. The molecule has 2 N–H and O–H groups in total. The van der Waals surface area contributed by atoms with E-state index >= 15 is 0 Å². The van der Waals surface area contributed by atoms with Gasteiger partial charge in [0.05, 0.1) is 11.6 Å². The van der Waals surface area contributed by atoms with E-state index < -0.39 is 6.04 Å². The van der Waals surface area contributed by atoms with E-state index in [1.807, 2.05) is 12.1 Å². The lowest BCUT2D eigenvalue weighted by Gasteiger charge is -2.15. The molecule has 0 saturated heterocycles. The van der Waals surface area contributed by atoms with Gasteiger partial charge in [-0.05, 0) is 43.3 Å². The molecule has 0 aromatic heterocycles. The van der Waals surface area contributed by atoms with Crippen molar-refractivity contribution in [2.75, 3.05) is 17.4 Å². The lowest BCUT2D eigenvalue weighted by atomic mass is 10.2. The number of anilines is 2. The van der Waals surface area contributed by atoms with Gasteiger partial charge in [0.1, 0.15) is 6.04 Å². The Morgan fingerprint density at radius 1 is 1.13 bits per heavy atom. The third-order valence-electron chi connectivity index (χ3n) is 3.43. The highest BCUT2D eigenvalue weighted by Crippen LogP contribution is 2.34. The maximum absolute atomic E-state index is 12.2. The van der Waals surface area contributed by atoms with Crippen molar-refractivity contribution >= 4 is 17.3 Å². The van der Waals surface area contributed by atoms with Crippen LogP contribution in [0.1, 0.15) is 12.5 Å². The highest BCUT2D eigenvalue weighted by Gasteiger charge is 2.16. The number of benzene rings is 2. The molecule has 0 radical (unpaired) electrons. The number of nitriles is 1. The second kappa shape index (κ2) is 6.28. The highest BCUT2D eigenvalue weighted by molar-refractivity contribution is 5.96. The first-order valence-electron chi connectivity index (χ1n) is 7.13. The van der Waals surface area contributed by atoms with Gasteiger partial charge >= 0.3 is 0 Å². The summed E-state index contributed by atoms with van der Waals surface area (Å²) in [6.07, 6.45) is 0. The van der Waals surface area contributed by atoms with Gasteiger partial charge in [-0.1, -0.05) is 0 Å². The van der Waals surface area contributed by atoms with Gasteiger partial charge in [-0.15, -0.1) is 0 Å². The van der Waals surface area contributed by atoms with E-state index in [1.54, 1.807) is 43.3 Å². The number of carbonyl (C=O) groups is 1. The summed E-state index contributed by atoms with van der Waals surface area (Å²) >= 11 is 0. The summed E-state index contributed by atoms with van der Waals surface area (Å²) in [5, 5.41) is 14.7. The average Bonchev–Trinajstić information content (AvgIpc) is 3.03. The molecular formula is C17H15N3O3. The SMILES string of the molecule is C[C@@H](Nc1ccc2c(c1)OCO2)C(=O)Nc1ccc(C#N)cc1. The molecule has 3 rings (SSSR count). The summed E-state index contributed by atoms with van der Waals surface area (Å²) in [6.45, 7) is 1.98. The largest absolute Gasteiger partial charge is 0.454 e. The molecule has 6 nitrogen and oxygen atoms in total. The first-order chi connectivity index (χ1) is 11.2. The number of carbonyl (C=O) groups excluding carboxylic acids is 1. The van der Waals surface area contributed by atoms with E-state index in [0.717, 1.165) is 5.69 Å². The van der Waals surface area contributed by atoms with Gasteiger partial charge in [0, 0.05) is 17.4 Å². The zero-order valence-corrected chi connectivity index (χ0v) is 12.5. The van der Waals surface area contributed by atoms with Gasteiger partial charge in [-0.25, -0.2) is 0 Å². The molecule has 0 aliphatic carbocycles. The van der Waals surface area contributed by atoms with Gasteiger partial charge in [-0.2, -0.15) is 5.26 Å². The Morgan fingerprint density at radius 2 is 1.83 bits per heavy atom. The Bertz CT molecular complexity index is 766. The van der Waals surface area contributed by atoms with Crippen molar-refractivity contribution in [3.63, 3.8) is 0 Å². The first-order valence-corrected chi connectivity index (χ1v) is 7.13. The predicted octanol–water partition coefficient (Wildman–Crippen LogP) is 2.73. The van der Waals surface area contributed by atoms with Crippen LogP contribution in [0.2, 0.25) is 0 Å². The van der Waals surface area contributed by atoms with Crippen LogP contribution in [0.3, 0.4) is 0 Å². The molecule has 1 heterocycles. The molecule has 1 atom stereocenters. The molecule has 0 saturated carbocycles. The van der Waals surface area contributed by atoms with Crippen molar-refractivity contribution in [3.05, 3.63) is 48.0 Å². The van der Waals surface area contributed by atoms with E-state index in [-0.39, 0.29) is 12.7 Å². The summed E-state index contributed by atoms with van der Waals surface area (Å²) in [6, 6.07) is 13.7. The first kappa shape index (κ1) is 14.7. The second-order valence-electron chi connectivity index (χ2n) is 5.11. The second-order valence-corrected chi connectivity index (χ2v) is 5.11. The van der Waals surface area contributed by atoms with Crippen LogP contribution in [-0.2, 0) is 4.79 Å². The lowest BCUT2D eigenvalue weighted by Crippen LogP contribution is -2.31. The maximum Gasteiger partial charge on any atom is 0.246 e. The minimum Gasteiger partial charge on any atom is -0.454 e. The van der Waals surface area contributed by atoms with Crippen LogP contribution in [0.4, 0.5) is 11.4 Å². The number of ether oxygens (including phenoxy) is 2. The summed E-state index contributed by atoms with van der Waals surface area (Å²) in [5.41, 5.74) is 1.97. The molecule has 2 aromatic rings. The fourth-order valence-electron chi connectivity index (χ4n) is 2.18. The molecule has 2 aromatic carbocycles. The van der Waals surface area contributed by atoms with E-state index in [0.29, 0.717) is 22.7 Å². The van der Waals surface area contributed by atoms with E-state index in [1.165, 1.54) is 0 Å². The maximum atomic E-state index is 12.2. The molecule has 116 valence electrons. The van der Waals surface area contributed by atoms with Crippen LogP contribution in [0.25, 0.3) is 0 Å². The minimum atomic E-state index is -0.439. The number of hydrogen-bond donors (Lipinski definition) is 2. The van der Waals surface area contributed by atoms with Crippen molar-refractivity contribution in [1.82, 2.24) is 0 Å². The minimum absolute atomic E-state index is 0.174. The van der Waals surface area contributed by atoms with Crippen LogP contribution in [-0.4, -0.2) is 18.7 Å². The number of fused-ring (bicyclic) bond motifs is 1. The van der Waals surface area contributed by atoms with Gasteiger partial charge in [0.25, 0.3) is 0 Å². The van der Waals surface area contributed by atoms with Crippen molar-refractivity contribution in [3.8, 4) is 17.6 Å². The fraction of sp³-hybridized carbons (Fsp3) is 0.176.